The van der Waals surface area contributed by atoms with E-state index in [9.17, 15) is 13.2 Å². The molecule has 0 bridgehead atoms. The molecule has 1 N–H and O–H groups in total. The predicted molar refractivity (Wildman–Crippen MR) is 58.3 cm³/mol. The van der Waals surface area contributed by atoms with Gasteiger partial charge in [-0.05, 0) is 12.5 Å². The number of nitrogens with zero attached hydrogens (tertiary/aromatic N) is 1. The highest BCUT2D eigenvalue weighted by atomic mass is 35.5. The standard InChI is InChI=1S/C9H8ClNO4S/c10-8-7(5-12)11-4-2-1-3-6(11)9(8)16(13,14)15/h1,3,5H,2,4H2,(H,13,14,15). The summed E-state index contributed by atoms with van der Waals surface area (Å²) >= 11 is 5.78. The highest BCUT2D eigenvalue weighted by molar-refractivity contribution is 7.86. The molecule has 1 aliphatic rings. The number of aldehydes is 1. The van der Waals surface area contributed by atoms with Gasteiger partial charge in [0.1, 0.15) is 10.6 Å². The third-order valence-corrected chi connectivity index (χ3v) is 3.83. The number of aromatic nitrogens is 1. The lowest BCUT2D eigenvalue weighted by Gasteiger charge is -2.11. The quantitative estimate of drug-likeness (QED) is 0.648. The van der Waals surface area contributed by atoms with Gasteiger partial charge in [-0.25, -0.2) is 0 Å². The second-order valence-electron chi connectivity index (χ2n) is 3.35. The molecule has 0 amide bonds. The largest absolute Gasteiger partial charge is 0.336 e. The first-order valence-electron chi connectivity index (χ1n) is 4.48. The molecule has 0 fully saturated rings. The highest BCUT2D eigenvalue weighted by Crippen LogP contribution is 2.33. The van der Waals surface area contributed by atoms with E-state index in [2.05, 4.69) is 0 Å². The molecule has 0 radical (unpaired) electrons. The molecular formula is C9H8ClNO4S. The van der Waals surface area contributed by atoms with E-state index in [1.807, 2.05) is 0 Å². The summed E-state index contributed by atoms with van der Waals surface area (Å²) in [6, 6.07) is 0. The van der Waals surface area contributed by atoms with Crippen molar-refractivity contribution < 1.29 is 17.8 Å². The van der Waals surface area contributed by atoms with Gasteiger partial charge in [0.05, 0.1) is 10.7 Å². The van der Waals surface area contributed by atoms with E-state index in [-0.39, 0.29) is 16.4 Å². The number of halogens is 1. The highest BCUT2D eigenvalue weighted by Gasteiger charge is 2.28. The molecule has 0 saturated heterocycles. The van der Waals surface area contributed by atoms with Crippen molar-refractivity contribution in [1.29, 1.82) is 0 Å². The van der Waals surface area contributed by atoms with Crippen LogP contribution in [-0.2, 0) is 16.7 Å². The van der Waals surface area contributed by atoms with Crippen LogP contribution >= 0.6 is 11.6 Å². The Hall–Kier alpha value is -1.11. The molecule has 0 spiro atoms. The number of rotatable bonds is 2. The maximum atomic E-state index is 11.2. The molecular weight excluding hydrogens is 254 g/mol. The zero-order chi connectivity index (χ0) is 11.9. The molecule has 1 aliphatic heterocycles. The Kier molecular flexibility index (Phi) is 2.65. The van der Waals surface area contributed by atoms with Crippen molar-refractivity contribution in [3.63, 3.8) is 0 Å². The molecule has 7 heteroatoms. The summed E-state index contributed by atoms with van der Waals surface area (Å²) < 4.78 is 32.9. The van der Waals surface area contributed by atoms with Crippen LogP contribution in [0.2, 0.25) is 5.02 Å². The number of hydrogen-bond acceptors (Lipinski definition) is 3. The van der Waals surface area contributed by atoms with Crippen LogP contribution in [0.25, 0.3) is 6.08 Å². The lowest BCUT2D eigenvalue weighted by Crippen LogP contribution is -2.08. The summed E-state index contributed by atoms with van der Waals surface area (Å²) in [7, 11) is -4.43. The first-order chi connectivity index (χ1) is 7.46. The van der Waals surface area contributed by atoms with Gasteiger partial charge >= 0.3 is 0 Å². The Balaban J connectivity index is 2.86. The first-order valence-corrected chi connectivity index (χ1v) is 6.30. The fraction of sp³-hybridized carbons (Fsp3) is 0.222. The van der Waals surface area contributed by atoms with Gasteiger partial charge in [-0.1, -0.05) is 17.7 Å². The summed E-state index contributed by atoms with van der Waals surface area (Å²) in [4.78, 5) is 10.4. The van der Waals surface area contributed by atoms with Gasteiger partial charge in [0.2, 0.25) is 0 Å². The van der Waals surface area contributed by atoms with Crippen molar-refractivity contribution in [2.24, 2.45) is 0 Å². The smallest absolute Gasteiger partial charge is 0.298 e. The Labute approximate surface area is 97.1 Å². The van der Waals surface area contributed by atoms with Crippen LogP contribution in [0.5, 0.6) is 0 Å². The van der Waals surface area contributed by atoms with E-state index >= 15 is 0 Å². The molecule has 0 atom stereocenters. The topological polar surface area (TPSA) is 76.4 Å². The van der Waals surface area contributed by atoms with Crippen LogP contribution in [-0.4, -0.2) is 23.8 Å². The van der Waals surface area contributed by atoms with E-state index in [0.717, 1.165) is 0 Å². The van der Waals surface area contributed by atoms with Gasteiger partial charge in [-0.2, -0.15) is 8.42 Å². The number of allylic oxidation sites excluding steroid dienone is 1. The molecule has 0 aromatic carbocycles. The minimum atomic E-state index is -4.43. The average Bonchev–Trinajstić information content (AvgIpc) is 2.48. The molecule has 2 heterocycles. The van der Waals surface area contributed by atoms with Crippen LogP contribution in [0, 0.1) is 0 Å². The Morgan fingerprint density at radius 2 is 2.19 bits per heavy atom. The molecule has 5 nitrogen and oxygen atoms in total. The summed E-state index contributed by atoms with van der Waals surface area (Å²) in [6.07, 6.45) is 4.46. The number of hydrogen-bond donors (Lipinski definition) is 1. The summed E-state index contributed by atoms with van der Waals surface area (Å²) in [5.41, 5.74) is 0.328. The van der Waals surface area contributed by atoms with Crippen molar-refractivity contribution in [3.05, 3.63) is 22.5 Å². The van der Waals surface area contributed by atoms with E-state index in [4.69, 9.17) is 16.2 Å². The Morgan fingerprint density at radius 3 is 2.75 bits per heavy atom. The second-order valence-corrected chi connectivity index (χ2v) is 5.09. The molecule has 86 valence electrons. The Bertz CT molecular complexity index is 585. The molecule has 0 saturated carbocycles. The Morgan fingerprint density at radius 1 is 1.50 bits per heavy atom. The monoisotopic (exact) mass is 261 g/mol. The van der Waals surface area contributed by atoms with Crippen molar-refractivity contribution in [2.45, 2.75) is 17.9 Å². The van der Waals surface area contributed by atoms with E-state index in [1.165, 1.54) is 10.6 Å². The lowest BCUT2D eigenvalue weighted by molar-refractivity contribution is 0.111. The van der Waals surface area contributed by atoms with Crippen LogP contribution in [0.4, 0.5) is 0 Å². The van der Waals surface area contributed by atoms with Crippen LogP contribution < -0.4 is 0 Å². The third-order valence-electron chi connectivity index (χ3n) is 2.40. The maximum Gasteiger partial charge on any atom is 0.298 e. The third kappa shape index (κ3) is 1.59. The second kappa shape index (κ2) is 3.73. The normalized spacial score (nSPS) is 14.9. The molecule has 0 aliphatic carbocycles. The minimum absolute atomic E-state index is 0.0774. The van der Waals surface area contributed by atoms with Gasteiger partial charge in [0.15, 0.2) is 6.29 Å². The summed E-state index contributed by atoms with van der Waals surface area (Å²) in [6.45, 7) is 0.467. The molecule has 1 aromatic rings. The molecule has 16 heavy (non-hydrogen) atoms. The molecule has 1 aromatic heterocycles. The van der Waals surface area contributed by atoms with Crippen LogP contribution in [0.15, 0.2) is 11.0 Å². The summed E-state index contributed by atoms with van der Waals surface area (Å²) in [5.74, 6) is 0. The first kappa shape index (κ1) is 11.4. The SMILES string of the molecule is O=Cc1c(Cl)c(S(=O)(=O)O)c2n1CCC=C2. The molecule has 0 unspecified atom stereocenters. The maximum absolute atomic E-state index is 11.2. The van der Waals surface area contributed by atoms with E-state index < -0.39 is 15.0 Å². The van der Waals surface area contributed by atoms with Gasteiger partial charge in [-0.15, -0.1) is 0 Å². The van der Waals surface area contributed by atoms with Crippen LogP contribution in [0.3, 0.4) is 0 Å². The lowest BCUT2D eigenvalue weighted by atomic mass is 10.2. The van der Waals surface area contributed by atoms with E-state index in [0.29, 0.717) is 19.3 Å². The van der Waals surface area contributed by atoms with Gasteiger partial charge < -0.3 is 4.57 Å². The summed E-state index contributed by atoms with van der Waals surface area (Å²) in [5, 5.41) is -0.223. The number of carbonyl (C=O) groups excluding carboxylic acids is 1. The van der Waals surface area contributed by atoms with Gasteiger partial charge in [-0.3, -0.25) is 9.35 Å². The van der Waals surface area contributed by atoms with Gasteiger partial charge in [0, 0.05) is 6.54 Å². The van der Waals surface area contributed by atoms with Crippen molar-refractivity contribution in [1.82, 2.24) is 4.57 Å². The van der Waals surface area contributed by atoms with Crippen LogP contribution in [0.1, 0.15) is 22.6 Å². The van der Waals surface area contributed by atoms with Crippen molar-refractivity contribution in [3.8, 4) is 0 Å². The van der Waals surface area contributed by atoms with Crippen molar-refractivity contribution in [2.75, 3.05) is 0 Å². The molecule has 2 rings (SSSR count). The fourth-order valence-corrected chi connectivity index (χ4v) is 3.07. The van der Waals surface area contributed by atoms with Gasteiger partial charge in [0.25, 0.3) is 10.1 Å². The average molecular weight is 262 g/mol. The zero-order valence-electron chi connectivity index (χ0n) is 8.05. The number of carbonyl (C=O) groups is 1. The minimum Gasteiger partial charge on any atom is -0.336 e. The van der Waals surface area contributed by atoms with E-state index in [1.54, 1.807) is 6.08 Å². The van der Waals surface area contributed by atoms with Crippen molar-refractivity contribution >= 4 is 34.1 Å². The zero-order valence-corrected chi connectivity index (χ0v) is 9.62. The fourth-order valence-electron chi connectivity index (χ4n) is 1.77. The number of fused-ring (bicyclic) bond motifs is 1. The predicted octanol–water partition coefficient (Wildman–Crippen LogP) is 1.62.